The number of hydrogen-bond acceptors (Lipinski definition) is 13. The smallest absolute Gasteiger partial charge is 0.326 e. The number of aromatic nitrogens is 3. The van der Waals surface area contributed by atoms with Gasteiger partial charge in [-0.3, -0.25) is 14.4 Å². The zero-order valence-electron chi connectivity index (χ0n) is 29.4. The van der Waals surface area contributed by atoms with E-state index in [1.54, 1.807) is 0 Å². The number of ether oxygens (including phenoxy) is 3. The van der Waals surface area contributed by atoms with Crippen molar-refractivity contribution in [2.75, 3.05) is 19.8 Å². The van der Waals surface area contributed by atoms with Gasteiger partial charge in [-0.05, 0) is 12.8 Å². The number of hydrogen-bond donors (Lipinski definition) is 8. The largest absolute Gasteiger partial charge is 0.481 e. The molecule has 2 rings (SSSR count). The molecule has 51 heavy (non-hydrogen) atoms. The van der Waals surface area contributed by atoms with E-state index in [1.807, 2.05) is 0 Å². The lowest BCUT2D eigenvalue weighted by Crippen LogP contribution is -2.59. The second-order valence-corrected chi connectivity index (χ2v) is 12.8. The van der Waals surface area contributed by atoms with Crippen LogP contribution in [0.4, 0.5) is 0 Å². The molecule has 0 spiro atoms. The molecule has 0 aromatic carbocycles. The number of amides is 2. The molecular formula is C33H57N5O13. The minimum absolute atomic E-state index is 0.0492. The second kappa shape index (κ2) is 24.8. The highest BCUT2D eigenvalue weighted by atomic mass is 16.7. The maximum absolute atomic E-state index is 13.1. The molecule has 0 bridgehead atoms. The maximum Gasteiger partial charge on any atom is 0.326 e. The lowest BCUT2D eigenvalue weighted by Gasteiger charge is -2.39. The van der Waals surface area contributed by atoms with E-state index in [-0.39, 0.29) is 39.2 Å². The van der Waals surface area contributed by atoms with Crippen LogP contribution in [0.1, 0.15) is 103 Å². The number of carbonyl (C=O) groups is 4. The molecule has 1 aliphatic rings. The summed E-state index contributed by atoms with van der Waals surface area (Å²) < 4.78 is 17.8. The highest BCUT2D eigenvalue weighted by Crippen LogP contribution is 2.22. The highest BCUT2D eigenvalue weighted by molar-refractivity contribution is 5.90. The van der Waals surface area contributed by atoms with Gasteiger partial charge in [-0.15, -0.1) is 5.10 Å². The van der Waals surface area contributed by atoms with Crippen molar-refractivity contribution in [1.82, 2.24) is 25.6 Å². The highest BCUT2D eigenvalue weighted by Gasteiger charge is 2.44. The van der Waals surface area contributed by atoms with Crippen LogP contribution in [0.25, 0.3) is 0 Å². The maximum atomic E-state index is 13.1. The number of unbranched alkanes of at least 4 members (excludes halogenated alkanes) is 10. The average molecular weight is 732 g/mol. The van der Waals surface area contributed by atoms with E-state index in [9.17, 15) is 44.7 Å². The number of aliphatic hydroxyl groups excluding tert-OH is 4. The van der Waals surface area contributed by atoms with Crippen LogP contribution in [0, 0.1) is 0 Å². The van der Waals surface area contributed by atoms with E-state index in [4.69, 9.17) is 19.3 Å². The molecule has 1 fully saturated rings. The van der Waals surface area contributed by atoms with Crippen LogP contribution in [0.15, 0.2) is 6.20 Å². The topological polar surface area (TPSA) is 272 Å². The van der Waals surface area contributed by atoms with Gasteiger partial charge in [-0.2, -0.15) is 0 Å². The molecular weight excluding hydrogens is 674 g/mol. The third-order valence-corrected chi connectivity index (χ3v) is 8.49. The van der Waals surface area contributed by atoms with E-state index < -0.39 is 79.6 Å². The molecule has 1 aromatic rings. The number of carboxylic acid groups (broad SMARTS) is 2. The van der Waals surface area contributed by atoms with E-state index >= 15 is 0 Å². The predicted octanol–water partition coefficient (Wildman–Crippen LogP) is 0.231. The van der Waals surface area contributed by atoms with E-state index in [0.29, 0.717) is 12.1 Å². The number of aliphatic hydroxyl groups is 4. The fourth-order valence-electron chi connectivity index (χ4n) is 5.46. The number of nitrogens with one attached hydrogen (secondary N) is 2. The third-order valence-electron chi connectivity index (χ3n) is 8.49. The van der Waals surface area contributed by atoms with Gasteiger partial charge in [0.25, 0.3) is 0 Å². The van der Waals surface area contributed by atoms with Crippen molar-refractivity contribution >= 4 is 23.8 Å². The predicted molar refractivity (Wildman–Crippen MR) is 179 cm³/mol. The molecule has 2 heterocycles. The quantitative estimate of drug-likeness (QED) is 0.0536. The van der Waals surface area contributed by atoms with Crippen molar-refractivity contribution in [3.63, 3.8) is 0 Å². The first kappa shape index (κ1) is 43.9. The summed E-state index contributed by atoms with van der Waals surface area (Å²) in [6.45, 7) is 1.22. The van der Waals surface area contributed by atoms with Crippen LogP contribution in [-0.2, 0) is 46.5 Å². The van der Waals surface area contributed by atoms with Gasteiger partial charge in [0.15, 0.2) is 6.29 Å². The molecule has 0 saturated carbocycles. The number of aliphatic carboxylic acids is 2. The van der Waals surface area contributed by atoms with Gasteiger partial charge in [0, 0.05) is 12.8 Å². The molecule has 18 nitrogen and oxygen atoms in total. The summed E-state index contributed by atoms with van der Waals surface area (Å²) in [5.41, 5.74) is 0.346. The Morgan fingerprint density at radius 2 is 1.53 bits per heavy atom. The lowest BCUT2D eigenvalue weighted by molar-refractivity contribution is -0.301. The first-order chi connectivity index (χ1) is 24.5. The van der Waals surface area contributed by atoms with Gasteiger partial charge in [-0.25, -0.2) is 9.48 Å². The van der Waals surface area contributed by atoms with Gasteiger partial charge in [0.2, 0.25) is 11.8 Å². The Morgan fingerprint density at radius 3 is 2.14 bits per heavy atom. The van der Waals surface area contributed by atoms with Gasteiger partial charge in [0.1, 0.15) is 42.2 Å². The molecule has 1 aromatic heterocycles. The SMILES string of the molecule is CCCCCCCCCCCCCC(=O)N[C@@H](COCc1cn(CCO[C@@H]2OC(CO)[C@@H](O)[C@H](O)C2O)nn1)C(=O)N[C@H](CCC(=O)O)C(=O)O. The van der Waals surface area contributed by atoms with Crippen LogP contribution in [0.3, 0.4) is 0 Å². The van der Waals surface area contributed by atoms with Gasteiger partial charge >= 0.3 is 11.9 Å². The number of carbonyl (C=O) groups excluding carboxylic acids is 2. The average Bonchev–Trinajstić information content (AvgIpc) is 3.55. The number of nitrogens with zero attached hydrogens (tertiary/aromatic N) is 3. The van der Waals surface area contributed by atoms with Crippen LogP contribution < -0.4 is 10.6 Å². The minimum atomic E-state index is -1.57. The van der Waals surface area contributed by atoms with Crippen molar-refractivity contribution in [2.24, 2.45) is 0 Å². The standard InChI is InChI=1S/C33H57N5O13/c1-2-3-4-5-6-7-8-9-10-11-12-13-26(40)34-24(31(46)35-23(32(47)48)14-15-27(41)42)21-49-20-22-18-38(37-36-22)16-17-50-33-30(45)29(44)28(43)25(19-39)51-33/h18,23-25,28-30,33,39,43-45H,2-17,19-21H2,1H3,(H,34,40)(H,35,46)(H,41,42)(H,47,48)/t23-,24+,25?,28-,29+,30?,33-/m1/s1. The van der Waals surface area contributed by atoms with Crippen molar-refractivity contribution in [2.45, 2.75) is 153 Å². The summed E-state index contributed by atoms with van der Waals surface area (Å²) in [5.74, 6) is -3.88. The first-order valence-corrected chi connectivity index (χ1v) is 17.9. The normalized spacial score (nSPS) is 21.5. The van der Waals surface area contributed by atoms with E-state index in [0.717, 1.165) is 25.7 Å². The Balaban J connectivity index is 1.84. The van der Waals surface area contributed by atoms with Gasteiger partial charge in [-0.1, -0.05) is 76.3 Å². The lowest BCUT2D eigenvalue weighted by atomic mass is 9.99. The van der Waals surface area contributed by atoms with Crippen LogP contribution >= 0.6 is 0 Å². The number of carboxylic acids is 2. The third kappa shape index (κ3) is 17.2. The summed E-state index contributed by atoms with van der Waals surface area (Å²) in [7, 11) is 0. The van der Waals surface area contributed by atoms with Crippen molar-refractivity contribution in [3.8, 4) is 0 Å². The molecule has 0 radical (unpaired) electrons. The number of rotatable bonds is 28. The van der Waals surface area contributed by atoms with Crippen molar-refractivity contribution in [1.29, 1.82) is 0 Å². The second-order valence-electron chi connectivity index (χ2n) is 12.8. The zero-order chi connectivity index (χ0) is 37.6. The molecule has 1 aliphatic heterocycles. The van der Waals surface area contributed by atoms with Crippen LogP contribution in [0.5, 0.6) is 0 Å². The van der Waals surface area contributed by atoms with Crippen LogP contribution in [0.2, 0.25) is 0 Å². The fourth-order valence-corrected chi connectivity index (χ4v) is 5.46. The summed E-state index contributed by atoms with van der Waals surface area (Å²) >= 11 is 0. The Labute approximate surface area is 297 Å². The summed E-state index contributed by atoms with van der Waals surface area (Å²) in [4.78, 5) is 48.4. The molecule has 0 aliphatic carbocycles. The van der Waals surface area contributed by atoms with Gasteiger partial charge < -0.3 is 55.5 Å². The van der Waals surface area contributed by atoms with Crippen molar-refractivity contribution in [3.05, 3.63) is 11.9 Å². The summed E-state index contributed by atoms with van der Waals surface area (Å²) in [6, 6.07) is -2.75. The van der Waals surface area contributed by atoms with Crippen molar-refractivity contribution < 1.29 is 64.0 Å². The molecule has 18 heteroatoms. The fraction of sp³-hybridized carbons (Fsp3) is 0.818. The Kier molecular flexibility index (Phi) is 21.4. The summed E-state index contributed by atoms with van der Waals surface area (Å²) in [5, 5.41) is 70.4. The van der Waals surface area contributed by atoms with E-state index in [1.165, 1.54) is 49.4 Å². The molecule has 8 N–H and O–H groups in total. The van der Waals surface area contributed by atoms with Gasteiger partial charge in [0.05, 0.1) is 39.2 Å². The Morgan fingerprint density at radius 1 is 0.882 bits per heavy atom. The minimum Gasteiger partial charge on any atom is -0.481 e. The zero-order valence-corrected chi connectivity index (χ0v) is 29.4. The summed E-state index contributed by atoms with van der Waals surface area (Å²) in [6.07, 6.45) is 6.07. The Bertz CT molecular complexity index is 1170. The first-order valence-electron chi connectivity index (χ1n) is 17.9. The molecule has 1 saturated heterocycles. The molecule has 7 atom stereocenters. The molecule has 2 unspecified atom stereocenters. The van der Waals surface area contributed by atoms with E-state index in [2.05, 4.69) is 27.9 Å². The van der Waals surface area contributed by atoms with Crippen LogP contribution in [-0.4, -0.2) is 132 Å². The molecule has 2 amide bonds. The Hall–Kier alpha value is -3.26. The molecule has 292 valence electrons. The monoisotopic (exact) mass is 731 g/mol.